The summed E-state index contributed by atoms with van der Waals surface area (Å²) >= 11 is 0. The van der Waals surface area contributed by atoms with E-state index in [2.05, 4.69) is 23.5 Å². The standard InChI is InChI=1S/C24H29N3O4/c28-24(25-14-20-17-30-22-3-1-2-4-23(22)31-20)16-27-10-8-26(9-11-27)15-18-5-6-21-19(13-18)7-12-29-21/h1-6,13,20H,7-12,14-17H2,(H,25,28)/p+2/t20-/m0/s1. The minimum atomic E-state index is -0.145. The molecule has 2 aromatic carbocycles. The van der Waals surface area contributed by atoms with Gasteiger partial charge in [-0.3, -0.25) is 4.79 Å². The molecule has 5 rings (SSSR count). The van der Waals surface area contributed by atoms with Crippen LogP contribution in [0.3, 0.4) is 0 Å². The van der Waals surface area contributed by atoms with Gasteiger partial charge in [-0.2, -0.15) is 0 Å². The molecule has 0 aromatic heterocycles. The summed E-state index contributed by atoms with van der Waals surface area (Å²) in [4.78, 5) is 15.4. The van der Waals surface area contributed by atoms with Crippen LogP contribution >= 0.6 is 0 Å². The van der Waals surface area contributed by atoms with Crippen LogP contribution in [0.4, 0.5) is 0 Å². The molecule has 7 heteroatoms. The topological polar surface area (TPSA) is 65.7 Å². The zero-order chi connectivity index (χ0) is 21.0. The molecule has 1 saturated heterocycles. The fourth-order valence-corrected chi connectivity index (χ4v) is 4.63. The van der Waals surface area contributed by atoms with Crippen LogP contribution in [0.5, 0.6) is 17.2 Å². The first-order chi connectivity index (χ1) is 15.2. The van der Waals surface area contributed by atoms with Crippen molar-refractivity contribution in [3.8, 4) is 17.2 Å². The molecule has 31 heavy (non-hydrogen) atoms. The van der Waals surface area contributed by atoms with Gasteiger partial charge in [-0.15, -0.1) is 0 Å². The number of benzene rings is 2. The second-order valence-corrected chi connectivity index (χ2v) is 8.70. The number of hydrogen-bond donors (Lipinski definition) is 3. The highest BCUT2D eigenvalue weighted by Gasteiger charge is 2.26. The Bertz CT molecular complexity index is 927. The fraction of sp³-hybridized carbons (Fsp3) is 0.458. The quantitative estimate of drug-likeness (QED) is 0.548. The number of amides is 1. The normalized spacial score (nSPS) is 24.2. The molecule has 3 N–H and O–H groups in total. The maximum atomic E-state index is 12.4. The lowest BCUT2D eigenvalue weighted by atomic mass is 10.1. The Hall–Kier alpha value is -2.77. The third-order valence-electron chi connectivity index (χ3n) is 6.38. The van der Waals surface area contributed by atoms with E-state index in [4.69, 9.17) is 14.2 Å². The first-order valence-electron chi connectivity index (χ1n) is 11.3. The summed E-state index contributed by atoms with van der Waals surface area (Å²) in [6.07, 6.45) is 0.878. The number of rotatable bonds is 6. The van der Waals surface area contributed by atoms with Gasteiger partial charge >= 0.3 is 0 Å². The summed E-state index contributed by atoms with van der Waals surface area (Å²) in [5, 5.41) is 3.02. The van der Waals surface area contributed by atoms with E-state index in [1.807, 2.05) is 24.3 Å². The summed E-state index contributed by atoms with van der Waals surface area (Å²) in [5.41, 5.74) is 2.73. The van der Waals surface area contributed by atoms with Gasteiger partial charge in [0.05, 0.1) is 13.2 Å². The average molecular weight is 426 g/mol. The number of nitrogens with one attached hydrogen (secondary N) is 3. The van der Waals surface area contributed by atoms with Crippen molar-refractivity contribution in [1.82, 2.24) is 5.32 Å². The number of para-hydroxylation sites is 2. The van der Waals surface area contributed by atoms with E-state index in [9.17, 15) is 4.79 Å². The lowest BCUT2D eigenvalue weighted by molar-refractivity contribution is -1.02. The number of piperazine rings is 1. The lowest BCUT2D eigenvalue weighted by Crippen LogP contribution is -3.28. The zero-order valence-electron chi connectivity index (χ0n) is 17.8. The van der Waals surface area contributed by atoms with Crippen molar-refractivity contribution in [2.24, 2.45) is 0 Å². The monoisotopic (exact) mass is 425 g/mol. The molecule has 0 radical (unpaired) electrons. The smallest absolute Gasteiger partial charge is 0.275 e. The molecule has 3 aliphatic heterocycles. The second-order valence-electron chi connectivity index (χ2n) is 8.70. The fourth-order valence-electron chi connectivity index (χ4n) is 4.63. The summed E-state index contributed by atoms with van der Waals surface area (Å²) in [5.74, 6) is 2.64. The molecule has 1 fully saturated rings. The van der Waals surface area contributed by atoms with Gasteiger partial charge in [0.1, 0.15) is 51.2 Å². The van der Waals surface area contributed by atoms with Gasteiger partial charge in [0.25, 0.3) is 5.91 Å². The SMILES string of the molecule is O=C(C[NH+]1CC[NH+](Cc2ccc3c(c2)CCO3)CC1)NC[C@H]1COc2ccccc2O1. The Morgan fingerprint density at radius 1 is 0.968 bits per heavy atom. The maximum Gasteiger partial charge on any atom is 0.275 e. The summed E-state index contributed by atoms with van der Waals surface area (Å²) in [6.45, 7) is 7.53. The summed E-state index contributed by atoms with van der Waals surface area (Å²) in [7, 11) is 0. The van der Waals surface area contributed by atoms with E-state index in [-0.39, 0.29) is 12.0 Å². The largest absolute Gasteiger partial charge is 0.493 e. The molecule has 0 spiro atoms. The highest BCUT2D eigenvalue weighted by molar-refractivity contribution is 5.76. The van der Waals surface area contributed by atoms with Gasteiger partial charge in [-0.25, -0.2) is 0 Å². The molecule has 2 aromatic rings. The lowest BCUT2D eigenvalue weighted by Gasteiger charge is -2.30. The highest BCUT2D eigenvalue weighted by atomic mass is 16.6. The van der Waals surface area contributed by atoms with E-state index < -0.39 is 0 Å². The van der Waals surface area contributed by atoms with Gasteiger partial charge in [0.15, 0.2) is 18.0 Å². The predicted molar refractivity (Wildman–Crippen MR) is 115 cm³/mol. The first-order valence-corrected chi connectivity index (χ1v) is 11.3. The Labute approximate surface area is 182 Å². The summed E-state index contributed by atoms with van der Waals surface area (Å²) < 4.78 is 17.2. The van der Waals surface area contributed by atoms with Crippen LogP contribution in [0.15, 0.2) is 42.5 Å². The van der Waals surface area contributed by atoms with Crippen molar-refractivity contribution < 1.29 is 28.8 Å². The van der Waals surface area contributed by atoms with Gasteiger partial charge in [-0.05, 0) is 35.9 Å². The number of quaternary nitrogens is 2. The zero-order valence-corrected chi connectivity index (χ0v) is 17.8. The second kappa shape index (κ2) is 9.16. The predicted octanol–water partition coefficient (Wildman–Crippen LogP) is -1.14. The molecule has 3 heterocycles. The van der Waals surface area contributed by atoms with E-state index in [0.29, 0.717) is 19.7 Å². The first kappa shape index (κ1) is 20.2. The van der Waals surface area contributed by atoms with Crippen molar-refractivity contribution >= 4 is 5.91 Å². The van der Waals surface area contributed by atoms with E-state index in [0.717, 1.165) is 63.0 Å². The maximum absolute atomic E-state index is 12.4. The molecular formula is C24H31N3O4+2. The number of fused-ring (bicyclic) bond motifs is 2. The van der Waals surface area contributed by atoms with Crippen LogP contribution in [0.25, 0.3) is 0 Å². The van der Waals surface area contributed by atoms with Crippen molar-refractivity contribution in [1.29, 1.82) is 0 Å². The minimum absolute atomic E-state index is 0.0829. The van der Waals surface area contributed by atoms with Gasteiger partial charge < -0.3 is 29.3 Å². The van der Waals surface area contributed by atoms with Crippen LogP contribution < -0.4 is 29.3 Å². The molecule has 0 bridgehead atoms. The van der Waals surface area contributed by atoms with Crippen LogP contribution in [0.1, 0.15) is 11.1 Å². The molecular weight excluding hydrogens is 394 g/mol. The third kappa shape index (κ3) is 4.94. The van der Waals surface area contributed by atoms with Crippen LogP contribution in [-0.4, -0.2) is 64.5 Å². The highest BCUT2D eigenvalue weighted by Crippen LogP contribution is 2.30. The van der Waals surface area contributed by atoms with E-state index in [1.54, 1.807) is 4.90 Å². The van der Waals surface area contributed by atoms with Crippen LogP contribution in [0.2, 0.25) is 0 Å². The minimum Gasteiger partial charge on any atom is -0.493 e. The Morgan fingerprint density at radius 3 is 2.65 bits per heavy atom. The molecule has 0 saturated carbocycles. The van der Waals surface area contributed by atoms with Crippen LogP contribution in [-0.2, 0) is 17.8 Å². The van der Waals surface area contributed by atoms with Crippen molar-refractivity contribution in [2.75, 3.05) is 52.5 Å². The third-order valence-corrected chi connectivity index (χ3v) is 6.38. The number of carbonyl (C=O) groups excluding carboxylic acids is 1. The van der Waals surface area contributed by atoms with Gasteiger partial charge in [0.2, 0.25) is 0 Å². The van der Waals surface area contributed by atoms with Gasteiger partial charge in [0, 0.05) is 12.0 Å². The molecule has 3 aliphatic rings. The average Bonchev–Trinajstić information content (AvgIpc) is 3.27. The Balaban J connectivity index is 1.02. The van der Waals surface area contributed by atoms with Crippen molar-refractivity contribution in [3.05, 3.63) is 53.6 Å². The van der Waals surface area contributed by atoms with E-state index in [1.165, 1.54) is 16.0 Å². The molecule has 1 atom stereocenters. The van der Waals surface area contributed by atoms with Gasteiger partial charge in [-0.1, -0.05) is 12.1 Å². The molecule has 0 unspecified atom stereocenters. The molecule has 7 nitrogen and oxygen atoms in total. The van der Waals surface area contributed by atoms with Crippen molar-refractivity contribution in [2.45, 2.75) is 19.1 Å². The number of hydrogen-bond acceptors (Lipinski definition) is 4. The Morgan fingerprint density at radius 2 is 1.77 bits per heavy atom. The number of ether oxygens (including phenoxy) is 3. The Kier molecular flexibility index (Phi) is 5.95. The van der Waals surface area contributed by atoms with E-state index >= 15 is 0 Å². The number of carbonyl (C=O) groups is 1. The molecule has 0 aliphatic carbocycles. The van der Waals surface area contributed by atoms with Crippen LogP contribution in [0, 0.1) is 0 Å². The van der Waals surface area contributed by atoms with Crippen molar-refractivity contribution in [3.63, 3.8) is 0 Å². The summed E-state index contributed by atoms with van der Waals surface area (Å²) in [6, 6.07) is 14.3. The molecule has 1 amide bonds. The molecule has 164 valence electrons.